The molecule has 1 aliphatic heterocycles. The minimum absolute atomic E-state index is 0.0131. The number of hydrogen-bond donors (Lipinski definition) is 1. The van der Waals surface area contributed by atoms with Gasteiger partial charge in [-0.05, 0) is 39.7 Å². The van der Waals surface area contributed by atoms with Crippen LogP contribution in [0.5, 0.6) is 0 Å². The van der Waals surface area contributed by atoms with E-state index in [2.05, 4.69) is 55.0 Å². The Morgan fingerprint density at radius 3 is 2.95 bits per heavy atom. The summed E-state index contributed by atoms with van der Waals surface area (Å²) in [5.74, 6) is 0. The highest BCUT2D eigenvalue weighted by Crippen LogP contribution is 2.25. The van der Waals surface area contributed by atoms with Crippen LogP contribution in [0.3, 0.4) is 0 Å². The molecule has 0 radical (unpaired) electrons. The lowest BCUT2D eigenvalue weighted by Crippen LogP contribution is -2.43. The molecule has 0 aliphatic carbocycles. The zero-order valence-electron chi connectivity index (χ0n) is 13.2. The second-order valence-electron chi connectivity index (χ2n) is 6.46. The number of rotatable bonds is 4. The Morgan fingerprint density at radius 1 is 1.38 bits per heavy atom. The summed E-state index contributed by atoms with van der Waals surface area (Å²) in [5.41, 5.74) is 2.36. The van der Waals surface area contributed by atoms with Crippen molar-refractivity contribution in [1.29, 1.82) is 0 Å². The first-order chi connectivity index (χ1) is 10.1. The largest absolute Gasteiger partial charge is 0.375 e. The Hall–Kier alpha value is -1.39. The fourth-order valence-corrected chi connectivity index (χ4v) is 3.21. The number of aromatic nitrogens is 2. The number of nitrogens with zero attached hydrogens (tertiary/aromatic N) is 2. The molecule has 21 heavy (non-hydrogen) atoms. The fourth-order valence-electron chi connectivity index (χ4n) is 3.21. The first-order valence-corrected chi connectivity index (χ1v) is 7.91. The van der Waals surface area contributed by atoms with E-state index in [1.807, 2.05) is 0 Å². The van der Waals surface area contributed by atoms with Crippen molar-refractivity contribution in [1.82, 2.24) is 15.1 Å². The zero-order chi connectivity index (χ0) is 14.9. The molecule has 3 rings (SSSR count). The molecule has 0 spiro atoms. The highest BCUT2D eigenvalue weighted by molar-refractivity contribution is 5.81. The third kappa shape index (κ3) is 3.11. The Balaban J connectivity index is 1.73. The van der Waals surface area contributed by atoms with Gasteiger partial charge < -0.3 is 10.1 Å². The zero-order valence-corrected chi connectivity index (χ0v) is 13.2. The first kappa shape index (κ1) is 14.5. The predicted octanol–water partition coefficient (Wildman–Crippen LogP) is 3.10. The molecular weight excluding hydrogens is 262 g/mol. The van der Waals surface area contributed by atoms with Crippen molar-refractivity contribution >= 4 is 10.9 Å². The van der Waals surface area contributed by atoms with Gasteiger partial charge in [-0.2, -0.15) is 5.10 Å². The topological polar surface area (TPSA) is 39.1 Å². The van der Waals surface area contributed by atoms with Gasteiger partial charge in [-0.25, -0.2) is 0 Å². The number of hydrogen-bond acceptors (Lipinski definition) is 3. The number of para-hydroxylation sites is 1. The molecule has 1 aromatic heterocycles. The summed E-state index contributed by atoms with van der Waals surface area (Å²) in [6.45, 7) is 9.05. The molecule has 1 fully saturated rings. The molecule has 1 atom stereocenters. The maximum atomic E-state index is 5.78. The van der Waals surface area contributed by atoms with Gasteiger partial charge in [0.2, 0.25) is 0 Å². The van der Waals surface area contributed by atoms with Gasteiger partial charge in [0.1, 0.15) is 0 Å². The van der Waals surface area contributed by atoms with E-state index in [-0.39, 0.29) is 5.60 Å². The number of fused-ring (bicyclic) bond motifs is 1. The van der Waals surface area contributed by atoms with Crippen LogP contribution >= 0.6 is 0 Å². The SMILES string of the molecule is CCn1nc(CNC2CCOC(C)(C)C2)c2ccccc21. The average Bonchev–Trinajstić information content (AvgIpc) is 2.82. The normalized spacial score (nSPS) is 21.8. The average molecular weight is 287 g/mol. The fraction of sp³-hybridized carbons (Fsp3) is 0.588. The monoisotopic (exact) mass is 287 g/mol. The summed E-state index contributed by atoms with van der Waals surface area (Å²) >= 11 is 0. The number of nitrogens with one attached hydrogen (secondary N) is 1. The summed E-state index contributed by atoms with van der Waals surface area (Å²) in [4.78, 5) is 0. The maximum Gasteiger partial charge on any atom is 0.0841 e. The second-order valence-corrected chi connectivity index (χ2v) is 6.46. The molecule has 0 saturated carbocycles. The highest BCUT2D eigenvalue weighted by atomic mass is 16.5. The van der Waals surface area contributed by atoms with Crippen molar-refractivity contribution < 1.29 is 4.74 Å². The lowest BCUT2D eigenvalue weighted by molar-refractivity contribution is -0.0630. The highest BCUT2D eigenvalue weighted by Gasteiger charge is 2.28. The van der Waals surface area contributed by atoms with E-state index >= 15 is 0 Å². The summed E-state index contributed by atoms with van der Waals surface area (Å²) in [6.07, 6.45) is 2.13. The van der Waals surface area contributed by atoms with E-state index in [9.17, 15) is 0 Å². The molecule has 0 amide bonds. The quantitative estimate of drug-likeness (QED) is 0.939. The van der Waals surface area contributed by atoms with Crippen LogP contribution in [0, 0.1) is 0 Å². The Kier molecular flexibility index (Phi) is 4.00. The van der Waals surface area contributed by atoms with E-state index in [0.29, 0.717) is 6.04 Å². The van der Waals surface area contributed by atoms with Crippen molar-refractivity contribution in [2.75, 3.05) is 6.61 Å². The number of ether oxygens (including phenoxy) is 1. The van der Waals surface area contributed by atoms with E-state index in [0.717, 1.165) is 38.2 Å². The Morgan fingerprint density at radius 2 is 2.19 bits per heavy atom. The summed E-state index contributed by atoms with van der Waals surface area (Å²) in [5, 5.41) is 9.68. The molecule has 4 nitrogen and oxygen atoms in total. The molecule has 2 heterocycles. The molecule has 1 aromatic carbocycles. The molecule has 2 aromatic rings. The van der Waals surface area contributed by atoms with Crippen molar-refractivity contribution in [2.45, 2.75) is 58.3 Å². The predicted molar refractivity (Wildman–Crippen MR) is 85.3 cm³/mol. The van der Waals surface area contributed by atoms with Gasteiger partial charge >= 0.3 is 0 Å². The van der Waals surface area contributed by atoms with E-state index in [4.69, 9.17) is 9.84 Å². The summed E-state index contributed by atoms with van der Waals surface area (Å²) in [6, 6.07) is 8.99. The molecule has 1 saturated heterocycles. The molecule has 0 bridgehead atoms. The van der Waals surface area contributed by atoms with Gasteiger partial charge in [-0.15, -0.1) is 0 Å². The third-order valence-corrected chi connectivity index (χ3v) is 4.29. The van der Waals surface area contributed by atoms with Crippen LogP contribution in [0.25, 0.3) is 10.9 Å². The molecule has 4 heteroatoms. The van der Waals surface area contributed by atoms with Crippen LogP contribution in [-0.4, -0.2) is 28.0 Å². The standard InChI is InChI=1S/C17H25N3O/c1-4-20-16-8-6-5-7-14(16)15(19-20)12-18-13-9-10-21-17(2,3)11-13/h5-8,13,18H,4,9-12H2,1-3H3. The summed E-state index contributed by atoms with van der Waals surface area (Å²) in [7, 11) is 0. The van der Waals surface area contributed by atoms with Crippen LogP contribution in [-0.2, 0) is 17.8 Å². The summed E-state index contributed by atoms with van der Waals surface area (Å²) < 4.78 is 7.86. The Labute approximate surface area is 126 Å². The van der Waals surface area contributed by atoms with Crippen LogP contribution in [0.15, 0.2) is 24.3 Å². The third-order valence-electron chi connectivity index (χ3n) is 4.29. The van der Waals surface area contributed by atoms with E-state index in [1.165, 1.54) is 10.9 Å². The van der Waals surface area contributed by atoms with Gasteiger partial charge in [0.25, 0.3) is 0 Å². The van der Waals surface area contributed by atoms with Crippen molar-refractivity contribution in [3.05, 3.63) is 30.0 Å². The molecule has 1 unspecified atom stereocenters. The maximum absolute atomic E-state index is 5.78. The van der Waals surface area contributed by atoms with E-state index < -0.39 is 0 Å². The van der Waals surface area contributed by atoms with Crippen LogP contribution < -0.4 is 5.32 Å². The minimum atomic E-state index is -0.0131. The van der Waals surface area contributed by atoms with Gasteiger partial charge in [0.15, 0.2) is 0 Å². The molecule has 1 N–H and O–H groups in total. The van der Waals surface area contributed by atoms with Crippen LogP contribution in [0.1, 0.15) is 39.3 Å². The molecule has 1 aliphatic rings. The first-order valence-electron chi connectivity index (χ1n) is 7.91. The lowest BCUT2D eigenvalue weighted by Gasteiger charge is -2.35. The van der Waals surface area contributed by atoms with Crippen molar-refractivity contribution in [3.8, 4) is 0 Å². The second kappa shape index (κ2) is 5.78. The smallest absolute Gasteiger partial charge is 0.0841 e. The molecular formula is C17H25N3O. The van der Waals surface area contributed by atoms with Gasteiger partial charge in [0, 0.05) is 31.1 Å². The number of aryl methyl sites for hydroxylation is 1. The van der Waals surface area contributed by atoms with Gasteiger partial charge in [0.05, 0.1) is 16.8 Å². The lowest BCUT2D eigenvalue weighted by atomic mass is 9.94. The Bertz CT molecular complexity index is 618. The molecule has 114 valence electrons. The van der Waals surface area contributed by atoms with Gasteiger partial charge in [-0.1, -0.05) is 18.2 Å². The van der Waals surface area contributed by atoms with E-state index in [1.54, 1.807) is 0 Å². The van der Waals surface area contributed by atoms with Crippen LogP contribution in [0.4, 0.5) is 0 Å². The van der Waals surface area contributed by atoms with Gasteiger partial charge in [-0.3, -0.25) is 4.68 Å². The van der Waals surface area contributed by atoms with Crippen molar-refractivity contribution in [2.24, 2.45) is 0 Å². The number of benzene rings is 1. The van der Waals surface area contributed by atoms with Crippen LogP contribution in [0.2, 0.25) is 0 Å². The van der Waals surface area contributed by atoms with Crippen molar-refractivity contribution in [3.63, 3.8) is 0 Å². The minimum Gasteiger partial charge on any atom is -0.375 e.